The third-order valence-electron chi connectivity index (χ3n) is 3.50. The van der Waals surface area contributed by atoms with Crippen molar-refractivity contribution in [1.29, 1.82) is 0 Å². The van der Waals surface area contributed by atoms with E-state index in [4.69, 9.17) is 5.73 Å². The lowest BCUT2D eigenvalue weighted by Crippen LogP contribution is -2.46. The number of unbranched alkanes of at least 4 members (excludes halogenated alkanes) is 1. The number of imide groups is 1. The number of hydrogen-bond donors (Lipinski definition) is 1. The van der Waals surface area contributed by atoms with E-state index in [-0.39, 0.29) is 23.7 Å². The van der Waals surface area contributed by atoms with Crippen LogP contribution in [0.1, 0.15) is 32.1 Å². The van der Waals surface area contributed by atoms with Crippen LogP contribution in [0.5, 0.6) is 0 Å². The zero-order valence-corrected chi connectivity index (χ0v) is 8.95. The highest BCUT2D eigenvalue weighted by Gasteiger charge is 2.44. The van der Waals surface area contributed by atoms with Crippen molar-refractivity contribution >= 4 is 11.8 Å². The topological polar surface area (TPSA) is 63.4 Å². The van der Waals surface area contributed by atoms with Crippen molar-refractivity contribution < 1.29 is 9.59 Å². The van der Waals surface area contributed by atoms with Gasteiger partial charge in [-0.3, -0.25) is 14.5 Å². The zero-order chi connectivity index (χ0) is 10.8. The molecule has 2 fully saturated rings. The Hall–Kier alpha value is -0.900. The van der Waals surface area contributed by atoms with Gasteiger partial charge in [-0.15, -0.1) is 0 Å². The number of hydrogen-bond acceptors (Lipinski definition) is 3. The molecule has 1 aliphatic heterocycles. The second kappa shape index (κ2) is 4.31. The molecule has 0 aromatic carbocycles. The third kappa shape index (κ3) is 1.91. The SMILES string of the molecule is NCCCCN1C(=O)C2CCC(C2)C1=O. The number of nitrogens with zero attached hydrogens (tertiary/aromatic N) is 1. The summed E-state index contributed by atoms with van der Waals surface area (Å²) >= 11 is 0. The summed E-state index contributed by atoms with van der Waals surface area (Å²) in [5, 5.41) is 0. The molecule has 4 heteroatoms. The fraction of sp³-hybridized carbons (Fsp3) is 0.818. The number of piperidine rings is 1. The van der Waals surface area contributed by atoms with Gasteiger partial charge in [0.2, 0.25) is 11.8 Å². The molecule has 2 unspecified atom stereocenters. The van der Waals surface area contributed by atoms with Gasteiger partial charge in [0.15, 0.2) is 0 Å². The Morgan fingerprint density at radius 3 is 2.27 bits per heavy atom. The largest absolute Gasteiger partial charge is 0.330 e. The summed E-state index contributed by atoms with van der Waals surface area (Å²) in [7, 11) is 0. The van der Waals surface area contributed by atoms with Crippen molar-refractivity contribution in [3.8, 4) is 0 Å². The van der Waals surface area contributed by atoms with E-state index in [2.05, 4.69) is 0 Å². The van der Waals surface area contributed by atoms with E-state index < -0.39 is 0 Å². The number of carbonyl (C=O) groups excluding carboxylic acids is 2. The van der Waals surface area contributed by atoms with Crippen LogP contribution in [-0.4, -0.2) is 29.8 Å². The zero-order valence-electron chi connectivity index (χ0n) is 8.95. The molecule has 2 amide bonds. The minimum absolute atomic E-state index is 0.0609. The van der Waals surface area contributed by atoms with Gasteiger partial charge in [0, 0.05) is 18.4 Å². The lowest BCUT2D eigenvalue weighted by Gasteiger charge is -2.29. The smallest absolute Gasteiger partial charge is 0.232 e. The molecule has 1 saturated heterocycles. The number of rotatable bonds is 4. The van der Waals surface area contributed by atoms with E-state index in [0.717, 1.165) is 32.1 Å². The maximum atomic E-state index is 11.9. The van der Waals surface area contributed by atoms with Crippen molar-refractivity contribution in [2.45, 2.75) is 32.1 Å². The summed E-state index contributed by atoms with van der Waals surface area (Å²) in [6.07, 6.45) is 4.33. The summed E-state index contributed by atoms with van der Waals surface area (Å²) < 4.78 is 0. The number of fused-ring (bicyclic) bond motifs is 2. The van der Waals surface area contributed by atoms with Gasteiger partial charge >= 0.3 is 0 Å². The predicted molar refractivity (Wildman–Crippen MR) is 55.8 cm³/mol. The van der Waals surface area contributed by atoms with Crippen LogP contribution in [0.4, 0.5) is 0 Å². The van der Waals surface area contributed by atoms with Crippen molar-refractivity contribution in [3.63, 3.8) is 0 Å². The first-order valence-electron chi connectivity index (χ1n) is 5.79. The summed E-state index contributed by atoms with van der Waals surface area (Å²) in [5.41, 5.74) is 5.39. The lowest BCUT2D eigenvalue weighted by molar-refractivity contribution is -0.152. The van der Waals surface area contributed by atoms with Gasteiger partial charge in [-0.25, -0.2) is 0 Å². The van der Waals surface area contributed by atoms with Crippen molar-refractivity contribution in [2.75, 3.05) is 13.1 Å². The minimum Gasteiger partial charge on any atom is -0.330 e. The third-order valence-corrected chi connectivity index (χ3v) is 3.50. The molecule has 2 atom stereocenters. The Morgan fingerprint density at radius 2 is 1.73 bits per heavy atom. The van der Waals surface area contributed by atoms with Gasteiger partial charge in [0.25, 0.3) is 0 Å². The quantitative estimate of drug-likeness (QED) is 0.543. The minimum atomic E-state index is 0.0609. The van der Waals surface area contributed by atoms with Crippen LogP contribution in [-0.2, 0) is 9.59 Å². The van der Waals surface area contributed by atoms with Crippen LogP contribution >= 0.6 is 0 Å². The Labute approximate surface area is 89.8 Å². The van der Waals surface area contributed by atoms with Gasteiger partial charge < -0.3 is 5.73 Å². The summed E-state index contributed by atoms with van der Waals surface area (Å²) in [6.45, 7) is 1.20. The Morgan fingerprint density at radius 1 is 1.13 bits per heavy atom. The Bertz CT molecular complexity index is 256. The molecular formula is C11H18N2O2. The molecule has 1 heterocycles. The average molecular weight is 210 g/mol. The van der Waals surface area contributed by atoms with Crippen molar-refractivity contribution in [1.82, 2.24) is 4.90 Å². The van der Waals surface area contributed by atoms with Crippen LogP contribution in [0.3, 0.4) is 0 Å². The molecular weight excluding hydrogens is 192 g/mol. The molecule has 2 rings (SSSR count). The fourth-order valence-electron chi connectivity index (χ4n) is 2.61. The molecule has 0 aromatic rings. The Kier molecular flexibility index (Phi) is 3.05. The van der Waals surface area contributed by atoms with Gasteiger partial charge in [-0.05, 0) is 38.6 Å². The summed E-state index contributed by atoms with van der Waals surface area (Å²) in [4.78, 5) is 25.2. The first kappa shape index (κ1) is 10.6. The molecule has 1 aliphatic carbocycles. The molecule has 4 nitrogen and oxygen atoms in total. The molecule has 2 bridgehead atoms. The number of amides is 2. The van der Waals surface area contributed by atoms with Gasteiger partial charge in [0.05, 0.1) is 0 Å². The van der Waals surface area contributed by atoms with E-state index in [1.165, 1.54) is 4.90 Å². The number of likely N-dealkylation sites (tertiary alicyclic amines) is 1. The Balaban J connectivity index is 1.97. The molecule has 0 radical (unpaired) electrons. The van der Waals surface area contributed by atoms with E-state index in [1.807, 2.05) is 0 Å². The highest BCUT2D eigenvalue weighted by molar-refractivity contribution is 6.00. The highest BCUT2D eigenvalue weighted by atomic mass is 16.2. The first-order valence-corrected chi connectivity index (χ1v) is 5.79. The monoisotopic (exact) mass is 210 g/mol. The fourth-order valence-corrected chi connectivity index (χ4v) is 2.61. The van der Waals surface area contributed by atoms with E-state index >= 15 is 0 Å². The lowest BCUT2D eigenvalue weighted by atomic mass is 9.97. The maximum absolute atomic E-state index is 11.9. The second-order valence-electron chi connectivity index (χ2n) is 4.53. The molecule has 0 aromatic heterocycles. The molecule has 0 spiro atoms. The standard InChI is InChI=1S/C11H18N2O2/c12-5-1-2-6-13-10(14)8-3-4-9(7-8)11(13)15/h8-9H,1-7,12H2. The normalized spacial score (nSPS) is 30.1. The highest BCUT2D eigenvalue weighted by Crippen LogP contribution is 2.38. The molecule has 84 valence electrons. The van der Waals surface area contributed by atoms with E-state index in [9.17, 15) is 9.59 Å². The summed E-state index contributed by atoms with van der Waals surface area (Å²) in [5.74, 6) is 0.382. The first-order chi connectivity index (χ1) is 7.24. The predicted octanol–water partition coefficient (Wildman–Crippen LogP) is 0.510. The second-order valence-corrected chi connectivity index (χ2v) is 4.53. The van der Waals surface area contributed by atoms with Crippen LogP contribution in [0.15, 0.2) is 0 Å². The van der Waals surface area contributed by atoms with Crippen LogP contribution in [0, 0.1) is 11.8 Å². The molecule has 2 N–H and O–H groups in total. The van der Waals surface area contributed by atoms with E-state index in [0.29, 0.717) is 13.1 Å². The van der Waals surface area contributed by atoms with E-state index in [1.54, 1.807) is 0 Å². The van der Waals surface area contributed by atoms with Gasteiger partial charge in [-0.2, -0.15) is 0 Å². The summed E-state index contributed by atoms with van der Waals surface area (Å²) in [6, 6.07) is 0. The van der Waals surface area contributed by atoms with Crippen LogP contribution in [0.2, 0.25) is 0 Å². The maximum Gasteiger partial charge on any atom is 0.232 e. The number of nitrogens with two attached hydrogens (primary N) is 1. The molecule has 2 aliphatic rings. The molecule has 1 saturated carbocycles. The van der Waals surface area contributed by atoms with Gasteiger partial charge in [0.1, 0.15) is 0 Å². The van der Waals surface area contributed by atoms with Crippen molar-refractivity contribution in [3.05, 3.63) is 0 Å². The van der Waals surface area contributed by atoms with Crippen LogP contribution in [0.25, 0.3) is 0 Å². The van der Waals surface area contributed by atoms with Gasteiger partial charge in [-0.1, -0.05) is 0 Å². The number of carbonyl (C=O) groups is 2. The van der Waals surface area contributed by atoms with Crippen LogP contribution < -0.4 is 5.73 Å². The van der Waals surface area contributed by atoms with Crippen molar-refractivity contribution in [2.24, 2.45) is 17.6 Å². The average Bonchev–Trinajstić information content (AvgIpc) is 2.67. The molecule has 15 heavy (non-hydrogen) atoms.